The quantitative estimate of drug-likeness (QED) is 0.358. The number of hydrogen-bond acceptors (Lipinski definition) is 8. The number of nitrogens with zero attached hydrogens (tertiary/aromatic N) is 1. The van der Waals surface area contributed by atoms with Gasteiger partial charge in [-0.15, -0.1) is 0 Å². The fourth-order valence-electron chi connectivity index (χ4n) is 2.38. The largest absolute Gasteiger partial charge is 0.546 e. The van der Waals surface area contributed by atoms with Crippen LogP contribution in [0.1, 0.15) is 11.1 Å². The van der Waals surface area contributed by atoms with Gasteiger partial charge in [0.1, 0.15) is 12.4 Å². The molecule has 2 aromatic carbocycles. The third-order valence-corrected chi connectivity index (χ3v) is 3.73. The Morgan fingerprint density at radius 1 is 1.10 bits per heavy atom. The van der Waals surface area contributed by atoms with E-state index >= 15 is 0 Å². The molecule has 0 aromatic heterocycles. The molecule has 2 amide bonds. The maximum atomic E-state index is 11.9. The van der Waals surface area contributed by atoms with Gasteiger partial charge in [0.15, 0.2) is 11.5 Å². The SMILES string of the molecule is O=C([O-])COc1ccccc1/C=N\NC(=O)C(=O)NCc1ccc2c(c1)OCO2. The molecule has 0 unspecified atom stereocenters. The predicted molar refractivity (Wildman–Crippen MR) is 97.1 cm³/mol. The van der Waals surface area contributed by atoms with Crippen LogP contribution in [0.2, 0.25) is 0 Å². The number of amides is 2. The molecule has 0 spiro atoms. The van der Waals surface area contributed by atoms with E-state index < -0.39 is 24.4 Å². The average Bonchev–Trinajstić information content (AvgIpc) is 3.19. The van der Waals surface area contributed by atoms with Crippen molar-refractivity contribution in [1.29, 1.82) is 0 Å². The molecule has 1 aliphatic heterocycles. The lowest BCUT2D eigenvalue weighted by Crippen LogP contribution is -2.37. The Balaban J connectivity index is 1.50. The summed E-state index contributed by atoms with van der Waals surface area (Å²) in [5.74, 6) is -1.77. The van der Waals surface area contributed by atoms with E-state index in [1.165, 1.54) is 12.3 Å². The normalized spacial score (nSPS) is 11.9. The number of carbonyl (C=O) groups is 3. The number of rotatable bonds is 7. The van der Waals surface area contributed by atoms with Crippen LogP contribution >= 0.6 is 0 Å². The Kier molecular flexibility index (Phi) is 6.25. The van der Waals surface area contributed by atoms with E-state index in [4.69, 9.17) is 14.2 Å². The van der Waals surface area contributed by atoms with E-state index in [-0.39, 0.29) is 19.1 Å². The highest BCUT2D eigenvalue weighted by molar-refractivity contribution is 6.35. The van der Waals surface area contributed by atoms with Crippen LogP contribution in [0.3, 0.4) is 0 Å². The van der Waals surface area contributed by atoms with Gasteiger partial charge >= 0.3 is 11.8 Å². The first-order valence-electron chi connectivity index (χ1n) is 8.44. The van der Waals surface area contributed by atoms with Crippen molar-refractivity contribution in [3.8, 4) is 17.2 Å². The van der Waals surface area contributed by atoms with Crippen molar-refractivity contribution in [2.75, 3.05) is 13.4 Å². The number of para-hydroxylation sites is 1. The van der Waals surface area contributed by atoms with E-state index in [2.05, 4.69) is 15.8 Å². The minimum atomic E-state index is -1.37. The Labute approximate surface area is 165 Å². The zero-order chi connectivity index (χ0) is 20.6. The summed E-state index contributed by atoms with van der Waals surface area (Å²) >= 11 is 0. The van der Waals surface area contributed by atoms with Gasteiger partial charge < -0.3 is 29.4 Å². The fraction of sp³-hybridized carbons (Fsp3) is 0.158. The monoisotopic (exact) mass is 398 g/mol. The summed E-state index contributed by atoms with van der Waals surface area (Å²) in [6, 6.07) is 11.6. The summed E-state index contributed by atoms with van der Waals surface area (Å²) in [6.07, 6.45) is 1.23. The van der Waals surface area contributed by atoms with Crippen LogP contribution in [0.25, 0.3) is 0 Å². The van der Waals surface area contributed by atoms with Crippen LogP contribution in [0.15, 0.2) is 47.6 Å². The lowest BCUT2D eigenvalue weighted by atomic mass is 10.2. The molecular formula is C19H16N3O7-. The number of carboxylic acids is 1. The molecule has 3 rings (SSSR count). The standard InChI is InChI=1S/C19H17N3O7/c23-17(24)10-27-14-4-2-1-3-13(14)9-21-22-19(26)18(25)20-8-12-5-6-15-16(7-12)29-11-28-15/h1-7,9H,8,10-11H2,(H,20,25)(H,22,26)(H,23,24)/p-1/b21-9-. The molecule has 2 N–H and O–H groups in total. The third-order valence-electron chi connectivity index (χ3n) is 3.73. The van der Waals surface area contributed by atoms with E-state index in [0.29, 0.717) is 17.1 Å². The molecule has 29 heavy (non-hydrogen) atoms. The topological polar surface area (TPSA) is 138 Å². The zero-order valence-electron chi connectivity index (χ0n) is 15.0. The van der Waals surface area contributed by atoms with Gasteiger partial charge in [-0.25, -0.2) is 5.43 Å². The molecular weight excluding hydrogens is 382 g/mol. The first-order chi connectivity index (χ1) is 14.0. The summed E-state index contributed by atoms with van der Waals surface area (Å²) in [7, 11) is 0. The second-order valence-corrected chi connectivity index (χ2v) is 5.77. The Morgan fingerprint density at radius 2 is 1.90 bits per heavy atom. The van der Waals surface area contributed by atoms with Crippen molar-refractivity contribution in [2.24, 2.45) is 5.10 Å². The molecule has 150 valence electrons. The summed E-state index contributed by atoms with van der Waals surface area (Å²) in [5.41, 5.74) is 3.24. The number of aliphatic carboxylic acids is 1. The van der Waals surface area contributed by atoms with Crippen LogP contribution < -0.4 is 30.1 Å². The number of fused-ring (bicyclic) bond motifs is 1. The van der Waals surface area contributed by atoms with Gasteiger partial charge in [0.25, 0.3) is 0 Å². The number of nitrogens with one attached hydrogen (secondary N) is 2. The maximum absolute atomic E-state index is 11.9. The second-order valence-electron chi connectivity index (χ2n) is 5.77. The number of ether oxygens (including phenoxy) is 3. The van der Waals surface area contributed by atoms with Gasteiger partial charge in [-0.05, 0) is 29.8 Å². The Bertz CT molecular complexity index is 959. The first kappa shape index (κ1) is 19.7. The summed E-state index contributed by atoms with van der Waals surface area (Å²) in [5, 5.41) is 16.6. The van der Waals surface area contributed by atoms with Gasteiger partial charge in [-0.2, -0.15) is 5.10 Å². The van der Waals surface area contributed by atoms with Gasteiger partial charge in [-0.1, -0.05) is 18.2 Å². The van der Waals surface area contributed by atoms with Gasteiger partial charge in [0, 0.05) is 12.1 Å². The number of carboxylic acid groups (broad SMARTS) is 1. The molecule has 0 saturated heterocycles. The van der Waals surface area contributed by atoms with Crippen molar-refractivity contribution < 1.29 is 33.7 Å². The third kappa shape index (κ3) is 5.45. The summed E-state index contributed by atoms with van der Waals surface area (Å²) in [4.78, 5) is 34.2. The lowest BCUT2D eigenvalue weighted by Gasteiger charge is -2.09. The van der Waals surface area contributed by atoms with Crippen molar-refractivity contribution in [3.63, 3.8) is 0 Å². The molecule has 10 heteroatoms. The first-order valence-corrected chi connectivity index (χ1v) is 8.44. The smallest absolute Gasteiger partial charge is 0.329 e. The number of benzene rings is 2. The maximum Gasteiger partial charge on any atom is 0.329 e. The minimum absolute atomic E-state index is 0.118. The highest BCUT2D eigenvalue weighted by Gasteiger charge is 2.15. The molecule has 0 saturated carbocycles. The van der Waals surface area contributed by atoms with Crippen molar-refractivity contribution in [2.45, 2.75) is 6.54 Å². The van der Waals surface area contributed by atoms with E-state index in [1.54, 1.807) is 36.4 Å². The van der Waals surface area contributed by atoms with Gasteiger partial charge in [0.2, 0.25) is 6.79 Å². The molecule has 1 aliphatic rings. The highest BCUT2D eigenvalue weighted by Crippen LogP contribution is 2.32. The number of carbonyl (C=O) groups excluding carboxylic acids is 3. The van der Waals surface area contributed by atoms with Crippen molar-refractivity contribution in [3.05, 3.63) is 53.6 Å². The molecule has 2 aromatic rings. The van der Waals surface area contributed by atoms with Crippen molar-refractivity contribution in [1.82, 2.24) is 10.7 Å². The minimum Gasteiger partial charge on any atom is -0.546 e. The van der Waals surface area contributed by atoms with Crippen LogP contribution in [0, 0.1) is 0 Å². The Morgan fingerprint density at radius 3 is 2.72 bits per heavy atom. The van der Waals surface area contributed by atoms with Gasteiger partial charge in [-0.3, -0.25) is 9.59 Å². The van der Waals surface area contributed by atoms with Crippen LogP contribution in [0.4, 0.5) is 0 Å². The lowest BCUT2D eigenvalue weighted by molar-refractivity contribution is -0.307. The molecule has 1 heterocycles. The van der Waals surface area contributed by atoms with Crippen LogP contribution in [-0.4, -0.2) is 37.4 Å². The fourth-order valence-corrected chi connectivity index (χ4v) is 2.38. The number of hydrazone groups is 1. The predicted octanol–water partition coefficient (Wildman–Crippen LogP) is -0.689. The number of hydrogen-bond donors (Lipinski definition) is 2. The molecule has 0 fully saturated rings. The van der Waals surface area contributed by atoms with Crippen molar-refractivity contribution >= 4 is 24.0 Å². The average molecular weight is 398 g/mol. The van der Waals surface area contributed by atoms with Crippen LogP contribution in [-0.2, 0) is 20.9 Å². The Hall–Kier alpha value is -4.08. The van der Waals surface area contributed by atoms with E-state index in [1.807, 2.05) is 0 Å². The van der Waals surface area contributed by atoms with Gasteiger partial charge in [0.05, 0.1) is 12.2 Å². The molecule has 10 nitrogen and oxygen atoms in total. The molecule has 0 bridgehead atoms. The van der Waals surface area contributed by atoms with E-state index in [9.17, 15) is 19.5 Å². The highest BCUT2D eigenvalue weighted by atomic mass is 16.7. The summed E-state index contributed by atoms with van der Waals surface area (Å²) in [6.45, 7) is -0.362. The van der Waals surface area contributed by atoms with Crippen LogP contribution in [0.5, 0.6) is 17.2 Å². The molecule has 0 radical (unpaired) electrons. The zero-order valence-corrected chi connectivity index (χ0v) is 15.0. The summed E-state index contributed by atoms with van der Waals surface area (Å²) < 4.78 is 15.5. The second kappa shape index (κ2) is 9.22. The molecule has 0 atom stereocenters. The molecule has 0 aliphatic carbocycles. The van der Waals surface area contributed by atoms with E-state index in [0.717, 1.165) is 5.56 Å².